The highest BCUT2D eigenvalue weighted by atomic mass is 16.5. The maximum atomic E-state index is 10.7. The molecule has 2 saturated carbocycles. The van der Waals surface area contributed by atoms with Crippen LogP contribution in [-0.4, -0.2) is 17.8 Å². The van der Waals surface area contributed by atoms with Crippen LogP contribution >= 0.6 is 0 Å². The molecule has 2 fully saturated rings. The zero-order valence-electron chi connectivity index (χ0n) is 10.2. The number of ether oxygens (including phenoxy) is 1. The van der Waals surface area contributed by atoms with E-state index in [9.17, 15) is 4.79 Å². The summed E-state index contributed by atoms with van der Waals surface area (Å²) < 4.78 is 5.13. The van der Waals surface area contributed by atoms with Crippen molar-refractivity contribution in [2.24, 2.45) is 17.8 Å². The van der Waals surface area contributed by atoms with Crippen LogP contribution in [0.5, 0.6) is 0 Å². The van der Waals surface area contributed by atoms with E-state index in [-0.39, 0.29) is 12.1 Å². The smallest absolute Gasteiger partial charge is 0.302 e. The number of hydrogen-bond acceptors (Lipinski definition) is 3. The molecule has 0 radical (unpaired) electrons. The van der Waals surface area contributed by atoms with Gasteiger partial charge in [-0.3, -0.25) is 4.79 Å². The summed E-state index contributed by atoms with van der Waals surface area (Å²) in [5.74, 6) is 1.85. The fraction of sp³-hybridized carbons (Fsp3) is 0.846. The quantitative estimate of drug-likeness (QED) is 0.556. The standard InChI is InChI=1S/C13H21NO2/c1-8(14)12-6-10(12)4-3-5-11-7-13(11)16-9(2)15/h10-14H,3-7H2,1-2H3. The summed E-state index contributed by atoms with van der Waals surface area (Å²) in [7, 11) is 0. The van der Waals surface area contributed by atoms with Crippen molar-refractivity contribution >= 4 is 11.7 Å². The number of rotatable bonds is 6. The summed E-state index contributed by atoms with van der Waals surface area (Å²) in [4.78, 5) is 10.7. The molecule has 3 heteroatoms. The van der Waals surface area contributed by atoms with Crippen molar-refractivity contribution in [2.75, 3.05) is 0 Å². The second kappa shape index (κ2) is 4.56. The number of hydrogen-bond donors (Lipinski definition) is 1. The average molecular weight is 223 g/mol. The van der Waals surface area contributed by atoms with E-state index in [1.165, 1.54) is 32.6 Å². The predicted octanol–water partition coefficient (Wildman–Crippen LogP) is 2.78. The fourth-order valence-corrected chi connectivity index (χ4v) is 2.62. The van der Waals surface area contributed by atoms with E-state index in [0.29, 0.717) is 11.8 Å². The Labute approximate surface area is 97.1 Å². The minimum absolute atomic E-state index is 0.144. The van der Waals surface area contributed by atoms with Crippen LogP contribution in [0.25, 0.3) is 0 Å². The molecule has 2 aliphatic rings. The third-order valence-corrected chi connectivity index (χ3v) is 3.80. The molecule has 16 heavy (non-hydrogen) atoms. The van der Waals surface area contributed by atoms with Gasteiger partial charge in [-0.1, -0.05) is 6.42 Å². The normalized spacial score (nSPS) is 35.6. The Bertz CT molecular complexity index is 300. The van der Waals surface area contributed by atoms with Gasteiger partial charge in [0.25, 0.3) is 0 Å². The lowest BCUT2D eigenvalue weighted by Crippen LogP contribution is -2.02. The highest BCUT2D eigenvalue weighted by molar-refractivity contribution is 5.83. The Kier molecular flexibility index (Phi) is 3.31. The summed E-state index contributed by atoms with van der Waals surface area (Å²) in [6.07, 6.45) is 6.20. The van der Waals surface area contributed by atoms with Gasteiger partial charge in [0.1, 0.15) is 6.10 Å². The van der Waals surface area contributed by atoms with Crippen molar-refractivity contribution in [1.29, 1.82) is 5.41 Å². The minimum Gasteiger partial charge on any atom is -0.462 e. The predicted molar refractivity (Wildman–Crippen MR) is 62.5 cm³/mol. The molecule has 2 aliphatic carbocycles. The van der Waals surface area contributed by atoms with Crippen LogP contribution in [0.4, 0.5) is 0 Å². The van der Waals surface area contributed by atoms with E-state index in [1.54, 1.807) is 0 Å². The molecule has 3 nitrogen and oxygen atoms in total. The van der Waals surface area contributed by atoms with Gasteiger partial charge in [-0.05, 0) is 50.4 Å². The van der Waals surface area contributed by atoms with E-state index >= 15 is 0 Å². The maximum absolute atomic E-state index is 10.7. The average Bonchev–Trinajstić information content (AvgIpc) is 3.02. The van der Waals surface area contributed by atoms with Crippen LogP contribution < -0.4 is 0 Å². The molecule has 0 aliphatic heterocycles. The summed E-state index contributed by atoms with van der Waals surface area (Å²) in [5, 5.41) is 7.53. The second-order valence-corrected chi connectivity index (χ2v) is 5.36. The molecule has 0 aromatic rings. The van der Waals surface area contributed by atoms with Gasteiger partial charge in [-0.15, -0.1) is 0 Å². The molecule has 0 aromatic heterocycles. The first kappa shape index (κ1) is 11.6. The van der Waals surface area contributed by atoms with Crippen molar-refractivity contribution in [3.05, 3.63) is 0 Å². The van der Waals surface area contributed by atoms with Gasteiger partial charge >= 0.3 is 5.97 Å². The molecule has 4 unspecified atom stereocenters. The van der Waals surface area contributed by atoms with Crippen LogP contribution in [0.1, 0.15) is 46.0 Å². The van der Waals surface area contributed by atoms with Crippen LogP contribution in [0, 0.1) is 23.2 Å². The zero-order valence-corrected chi connectivity index (χ0v) is 10.2. The Morgan fingerprint density at radius 3 is 2.50 bits per heavy atom. The largest absolute Gasteiger partial charge is 0.462 e. The molecule has 0 aromatic carbocycles. The molecule has 0 heterocycles. The van der Waals surface area contributed by atoms with Crippen molar-refractivity contribution in [3.63, 3.8) is 0 Å². The third-order valence-electron chi connectivity index (χ3n) is 3.80. The van der Waals surface area contributed by atoms with Gasteiger partial charge in [-0.2, -0.15) is 0 Å². The van der Waals surface area contributed by atoms with Crippen molar-refractivity contribution in [2.45, 2.75) is 52.1 Å². The van der Waals surface area contributed by atoms with Crippen LogP contribution in [-0.2, 0) is 9.53 Å². The molecule has 0 spiro atoms. The van der Waals surface area contributed by atoms with Gasteiger partial charge in [0.05, 0.1) is 0 Å². The molecule has 2 rings (SSSR count). The Balaban J connectivity index is 1.51. The van der Waals surface area contributed by atoms with Gasteiger partial charge in [-0.25, -0.2) is 0 Å². The SMILES string of the molecule is CC(=N)C1CC1CCCC1CC1OC(C)=O. The molecule has 4 atom stereocenters. The molecule has 0 saturated heterocycles. The van der Waals surface area contributed by atoms with Gasteiger partial charge in [0, 0.05) is 12.6 Å². The number of esters is 1. The monoisotopic (exact) mass is 223 g/mol. The summed E-state index contributed by atoms with van der Waals surface area (Å²) >= 11 is 0. The Morgan fingerprint density at radius 2 is 1.94 bits per heavy atom. The molecular formula is C13H21NO2. The lowest BCUT2D eigenvalue weighted by molar-refractivity contribution is -0.142. The van der Waals surface area contributed by atoms with Gasteiger partial charge in [0.15, 0.2) is 0 Å². The highest BCUT2D eigenvalue weighted by Crippen LogP contribution is 2.45. The molecule has 90 valence electrons. The van der Waals surface area contributed by atoms with Crippen LogP contribution in [0.2, 0.25) is 0 Å². The molecule has 0 bridgehead atoms. The van der Waals surface area contributed by atoms with Crippen LogP contribution in [0.3, 0.4) is 0 Å². The van der Waals surface area contributed by atoms with Crippen molar-refractivity contribution in [3.8, 4) is 0 Å². The summed E-state index contributed by atoms with van der Waals surface area (Å²) in [6.45, 7) is 3.40. The van der Waals surface area contributed by atoms with Gasteiger partial charge in [0.2, 0.25) is 0 Å². The molecule has 1 N–H and O–H groups in total. The number of carbonyl (C=O) groups excluding carboxylic acids is 1. The Morgan fingerprint density at radius 1 is 1.25 bits per heavy atom. The third kappa shape index (κ3) is 3.06. The number of nitrogens with one attached hydrogen (secondary N) is 1. The van der Waals surface area contributed by atoms with E-state index in [4.69, 9.17) is 10.1 Å². The molecule has 0 amide bonds. The Hall–Kier alpha value is -0.860. The van der Waals surface area contributed by atoms with E-state index in [2.05, 4.69) is 0 Å². The lowest BCUT2D eigenvalue weighted by Gasteiger charge is -2.01. The maximum Gasteiger partial charge on any atom is 0.302 e. The van der Waals surface area contributed by atoms with E-state index in [0.717, 1.165) is 18.1 Å². The zero-order chi connectivity index (χ0) is 11.7. The second-order valence-electron chi connectivity index (χ2n) is 5.36. The molecular weight excluding hydrogens is 202 g/mol. The minimum atomic E-state index is -0.144. The fourth-order valence-electron chi connectivity index (χ4n) is 2.62. The first-order valence-corrected chi connectivity index (χ1v) is 6.30. The number of carbonyl (C=O) groups is 1. The van der Waals surface area contributed by atoms with E-state index < -0.39 is 0 Å². The topological polar surface area (TPSA) is 50.1 Å². The summed E-state index contributed by atoms with van der Waals surface area (Å²) in [6, 6.07) is 0. The first-order chi connectivity index (χ1) is 7.58. The van der Waals surface area contributed by atoms with E-state index in [1.807, 2.05) is 6.92 Å². The lowest BCUT2D eigenvalue weighted by atomic mass is 10.1. The van der Waals surface area contributed by atoms with Crippen molar-refractivity contribution < 1.29 is 9.53 Å². The highest BCUT2D eigenvalue weighted by Gasteiger charge is 2.41. The van der Waals surface area contributed by atoms with Crippen molar-refractivity contribution in [1.82, 2.24) is 0 Å². The summed E-state index contributed by atoms with van der Waals surface area (Å²) in [5.41, 5.74) is 0.856. The van der Waals surface area contributed by atoms with Gasteiger partial charge < -0.3 is 10.1 Å². The first-order valence-electron chi connectivity index (χ1n) is 6.30. The van der Waals surface area contributed by atoms with Crippen LogP contribution in [0.15, 0.2) is 0 Å².